The fraction of sp³-hybridized carbons (Fsp3) is 0.269. The molecule has 1 heterocycles. The lowest BCUT2D eigenvalue weighted by atomic mass is 9.78. The number of halogens is 1. The van der Waals surface area contributed by atoms with Gasteiger partial charge in [-0.3, -0.25) is 4.79 Å². The van der Waals surface area contributed by atoms with E-state index in [9.17, 15) is 15.0 Å². The van der Waals surface area contributed by atoms with E-state index in [-0.39, 0.29) is 35.8 Å². The predicted molar refractivity (Wildman–Crippen MR) is 128 cm³/mol. The zero-order valence-electron chi connectivity index (χ0n) is 18.7. The first-order valence-electron chi connectivity index (χ1n) is 10.8. The zero-order chi connectivity index (χ0) is 24.3. The number of rotatable bonds is 8. The van der Waals surface area contributed by atoms with Gasteiger partial charge in [0.1, 0.15) is 23.9 Å². The van der Waals surface area contributed by atoms with Gasteiger partial charge < -0.3 is 29.2 Å². The molecule has 3 atom stereocenters. The average molecular weight is 529 g/mol. The highest BCUT2D eigenvalue weighted by Gasteiger charge is 2.56. The number of benzene rings is 3. The van der Waals surface area contributed by atoms with E-state index in [0.717, 1.165) is 5.56 Å². The van der Waals surface area contributed by atoms with Crippen molar-refractivity contribution in [1.29, 1.82) is 0 Å². The van der Waals surface area contributed by atoms with Crippen LogP contribution < -0.4 is 14.2 Å². The third-order valence-electron chi connectivity index (χ3n) is 5.63. The Balaban J connectivity index is 1.82. The minimum Gasteiger partial charge on any atom is -0.497 e. The first kappa shape index (κ1) is 24.2. The van der Waals surface area contributed by atoms with Gasteiger partial charge in [0.2, 0.25) is 5.78 Å². The first-order valence-corrected chi connectivity index (χ1v) is 11.6. The summed E-state index contributed by atoms with van der Waals surface area (Å²) in [6.07, 6.45) is -3.06. The Morgan fingerprint density at radius 2 is 1.88 bits per heavy atom. The monoisotopic (exact) mass is 528 g/mol. The van der Waals surface area contributed by atoms with Crippen LogP contribution in [-0.2, 0) is 16.9 Å². The summed E-state index contributed by atoms with van der Waals surface area (Å²) in [7, 11) is 1.49. The largest absolute Gasteiger partial charge is 0.497 e. The minimum atomic E-state index is -2.30. The van der Waals surface area contributed by atoms with Crippen LogP contribution in [-0.4, -0.2) is 42.1 Å². The van der Waals surface area contributed by atoms with Crippen molar-refractivity contribution in [2.75, 3.05) is 13.7 Å². The number of hydrogen-bond donors (Lipinski definition) is 2. The number of carbonyl (C=O) groups excluding carboxylic acids is 1. The van der Waals surface area contributed by atoms with Gasteiger partial charge in [-0.25, -0.2) is 0 Å². The van der Waals surface area contributed by atoms with Crippen LogP contribution in [0.2, 0.25) is 0 Å². The van der Waals surface area contributed by atoms with Gasteiger partial charge in [0.05, 0.1) is 12.7 Å². The second-order valence-electron chi connectivity index (χ2n) is 7.76. The number of aliphatic hydroxyl groups is 2. The molecule has 178 valence electrons. The summed E-state index contributed by atoms with van der Waals surface area (Å²) in [6.45, 7) is 2.05. The van der Waals surface area contributed by atoms with Crippen molar-refractivity contribution in [3.8, 4) is 17.2 Å². The number of ether oxygens (including phenoxy) is 4. The van der Waals surface area contributed by atoms with Crippen LogP contribution in [0.25, 0.3) is 0 Å². The summed E-state index contributed by atoms with van der Waals surface area (Å²) < 4.78 is 23.2. The normalized spacial score (nSPS) is 20.3. The third-order valence-corrected chi connectivity index (χ3v) is 6.12. The SMILES string of the molecule is CCOC(O)[C@@H]1Oc2cc(OC)ccc2C(=O)[C@@]1(O)c1cc(Br)ccc1OCc1ccccc1. The molecule has 0 fully saturated rings. The quantitative estimate of drug-likeness (QED) is 0.422. The van der Waals surface area contributed by atoms with E-state index in [1.54, 1.807) is 31.2 Å². The fourth-order valence-corrected chi connectivity index (χ4v) is 4.29. The number of ketones is 1. The number of carbonyl (C=O) groups is 1. The first-order chi connectivity index (χ1) is 16.4. The van der Waals surface area contributed by atoms with E-state index in [1.165, 1.54) is 19.2 Å². The molecule has 1 aliphatic heterocycles. The van der Waals surface area contributed by atoms with Crippen LogP contribution in [0.4, 0.5) is 0 Å². The molecule has 8 heteroatoms. The molecule has 0 spiro atoms. The van der Waals surface area contributed by atoms with E-state index in [1.807, 2.05) is 30.3 Å². The molecule has 0 saturated carbocycles. The second-order valence-corrected chi connectivity index (χ2v) is 8.67. The van der Waals surface area contributed by atoms with Crippen molar-refractivity contribution in [3.63, 3.8) is 0 Å². The lowest BCUT2D eigenvalue weighted by molar-refractivity contribution is -0.199. The Kier molecular flexibility index (Phi) is 7.23. The van der Waals surface area contributed by atoms with Gasteiger partial charge in [0, 0.05) is 22.7 Å². The standard InChI is InChI=1S/C26H25BrO7/c1-3-32-25(29)24-26(30,23(28)19-11-10-18(31-2)14-22(19)34-24)20-13-17(27)9-12-21(20)33-15-16-7-5-4-6-8-16/h4-14,24-25,29-30H,3,15H2,1-2H3/t24-,25?,26-/m0/s1. The Morgan fingerprint density at radius 1 is 1.12 bits per heavy atom. The molecular weight excluding hydrogens is 504 g/mol. The van der Waals surface area contributed by atoms with Crippen LogP contribution in [0, 0.1) is 0 Å². The lowest BCUT2D eigenvalue weighted by Crippen LogP contribution is -2.58. The maximum absolute atomic E-state index is 13.8. The highest BCUT2D eigenvalue weighted by Crippen LogP contribution is 2.45. The minimum absolute atomic E-state index is 0.145. The molecule has 0 radical (unpaired) electrons. The molecule has 34 heavy (non-hydrogen) atoms. The highest BCUT2D eigenvalue weighted by molar-refractivity contribution is 9.10. The molecule has 0 amide bonds. The summed E-state index contributed by atoms with van der Waals surface area (Å²) >= 11 is 3.41. The second kappa shape index (κ2) is 10.1. The summed E-state index contributed by atoms with van der Waals surface area (Å²) in [4.78, 5) is 13.8. The predicted octanol–water partition coefficient (Wildman–Crippen LogP) is 4.22. The summed E-state index contributed by atoms with van der Waals surface area (Å²) in [5.41, 5.74) is -1.09. The maximum atomic E-state index is 13.8. The molecule has 0 saturated heterocycles. The average Bonchev–Trinajstić information content (AvgIpc) is 2.85. The van der Waals surface area contributed by atoms with Crippen LogP contribution in [0.15, 0.2) is 71.2 Å². The van der Waals surface area contributed by atoms with Gasteiger partial charge in [-0.2, -0.15) is 0 Å². The number of fused-ring (bicyclic) bond motifs is 1. The van der Waals surface area contributed by atoms with E-state index < -0.39 is 23.8 Å². The molecule has 1 unspecified atom stereocenters. The van der Waals surface area contributed by atoms with Crippen molar-refractivity contribution in [2.45, 2.75) is 31.5 Å². The zero-order valence-corrected chi connectivity index (χ0v) is 20.3. The van der Waals surface area contributed by atoms with Crippen LogP contribution in [0.1, 0.15) is 28.4 Å². The van der Waals surface area contributed by atoms with Crippen molar-refractivity contribution in [1.82, 2.24) is 0 Å². The summed E-state index contributed by atoms with van der Waals surface area (Å²) in [5.74, 6) is 0.274. The number of aliphatic hydroxyl groups excluding tert-OH is 1. The summed E-state index contributed by atoms with van der Waals surface area (Å²) in [6, 6.07) is 19.2. The molecular formula is C26H25BrO7. The fourth-order valence-electron chi connectivity index (χ4n) is 3.93. The van der Waals surface area contributed by atoms with E-state index in [2.05, 4.69) is 15.9 Å². The molecule has 0 aliphatic carbocycles. The molecule has 0 aromatic heterocycles. The third kappa shape index (κ3) is 4.54. The van der Waals surface area contributed by atoms with Crippen molar-refractivity contribution >= 4 is 21.7 Å². The van der Waals surface area contributed by atoms with Crippen molar-refractivity contribution in [3.05, 3.63) is 87.9 Å². The molecule has 2 N–H and O–H groups in total. The molecule has 0 bridgehead atoms. The number of hydrogen-bond acceptors (Lipinski definition) is 7. The smallest absolute Gasteiger partial charge is 0.206 e. The number of methoxy groups -OCH3 is 1. The lowest BCUT2D eigenvalue weighted by Gasteiger charge is -2.41. The Hall–Kier alpha value is -2.91. The maximum Gasteiger partial charge on any atom is 0.206 e. The van der Waals surface area contributed by atoms with Crippen LogP contribution >= 0.6 is 15.9 Å². The molecule has 7 nitrogen and oxygen atoms in total. The van der Waals surface area contributed by atoms with Gasteiger partial charge in [-0.15, -0.1) is 0 Å². The molecule has 3 aromatic rings. The van der Waals surface area contributed by atoms with E-state index >= 15 is 0 Å². The summed E-state index contributed by atoms with van der Waals surface area (Å²) in [5, 5.41) is 22.8. The highest BCUT2D eigenvalue weighted by atomic mass is 79.9. The number of Topliss-reactive ketones (excluding diaryl/α,β-unsaturated/α-hetero) is 1. The Labute approximate surface area is 206 Å². The Bertz CT molecular complexity index is 1170. The van der Waals surface area contributed by atoms with Crippen molar-refractivity contribution in [2.24, 2.45) is 0 Å². The Morgan fingerprint density at radius 3 is 2.59 bits per heavy atom. The van der Waals surface area contributed by atoms with Gasteiger partial charge in [0.25, 0.3) is 0 Å². The molecule has 3 aromatic carbocycles. The van der Waals surface area contributed by atoms with Crippen LogP contribution in [0.3, 0.4) is 0 Å². The topological polar surface area (TPSA) is 94.5 Å². The van der Waals surface area contributed by atoms with Gasteiger partial charge in [-0.1, -0.05) is 46.3 Å². The molecule has 4 rings (SSSR count). The van der Waals surface area contributed by atoms with Crippen LogP contribution in [0.5, 0.6) is 17.2 Å². The van der Waals surface area contributed by atoms with Crippen molar-refractivity contribution < 1.29 is 34.0 Å². The van der Waals surface area contributed by atoms with Gasteiger partial charge in [-0.05, 0) is 42.8 Å². The van der Waals surface area contributed by atoms with Gasteiger partial charge in [0.15, 0.2) is 18.0 Å². The van der Waals surface area contributed by atoms with Gasteiger partial charge >= 0.3 is 0 Å². The van der Waals surface area contributed by atoms with E-state index in [0.29, 0.717) is 10.2 Å². The molecule has 1 aliphatic rings. The van der Waals surface area contributed by atoms with E-state index in [4.69, 9.17) is 18.9 Å².